The largest absolute Gasteiger partial charge is 0.453 e. The maximum atomic E-state index is 11.1. The van der Waals surface area contributed by atoms with Crippen molar-refractivity contribution < 1.29 is 9.53 Å². The van der Waals surface area contributed by atoms with E-state index in [1.54, 1.807) is 11.3 Å². The Balaban J connectivity index is 1.99. The molecule has 0 fully saturated rings. The number of carbonyl (C=O) groups excluding carboxylic acids is 1. The van der Waals surface area contributed by atoms with Crippen molar-refractivity contribution in [1.82, 2.24) is 0 Å². The summed E-state index contributed by atoms with van der Waals surface area (Å²) in [5, 5.41) is 8.06. The second-order valence-corrected chi connectivity index (χ2v) is 5.08. The van der Waals surface area contributed by atoms with E-state index in [4.69, 9.17) is 0 Å². The Labute approximate surface area is 116 Å². The maximum Gasteiger partial charge on any atom is 0.411 e. The standard InChI is InChI=1S/C14H16N2O2S/c1-10-6-7-19-13(10)9-15-11-4-3-5-12(8-11)16-14(17)18-2/h3-8,15H,9H2,1-2H3,(H,16,17). The first kappa shape index (κ1) is 13.4. The number of ether oxygens (including phenoxy) is 1. The molecule has 1 heterocycles. The summed E-state index contributed by atoms with van der Waals surface area (Å²) < 4.78 is 4.56. The van der Waals surface area contributed by atoms with Gasteiger partial charge < -0.3 is 10.1 Å². The highest BCUT2D eigenvalue weighted by molar-refractivity contribution is 7.10. The quantitative estimate of drug-likeness (QED) is 0.892. The Hall–Kier alpha value is -2.01. The lowest BCUT2D eigenvalue weighted by molar-refractivity contribution is 0.187. The number of rotatable bonds is 4. The first-order valence-corrected chi connectivity index (χ1v) is 6.79. The zero-order valence-corrected chi connectivity index (χ0v) is 11.7. The van der Waals surface area contributed by atoms with Gasteiger partial charge in [0.15, 0.2) is 0 Å². The van der Waals surface area contributed by atoms with Crippen LogP contribution in [0.4, 0.5) is 16.2 Å². The van der Waals surface area contributed by atoms with Crippen molar-refractivity contribution in [3.8, 4) is 0 Å². The van der Waals surface area contributed by atoms with Gasteiger partial charge in [0.05, 0.1) is 7.11 Å². The molecule has 19 heavy (non-hydrogen) atoms. The maximum absolute atomic E-state index is 11.1. The van der Waals surface area contributed by atoms with Crippen molar-refractivity contribution in [1.29, 1.82) is 0 Å². The number of aryl methyl sites for hydroxylation is 1. The third-order valence-electron chi connectivity index (χ3n) is 2.72. The lowest BCUT2D eigenvalue weighted by Crippen LogP contribution is -2.11. The third-order valence-corrected chi connectivity index (χ3v) is 3.74. The second-order valence-electron chi connectivity index (χ2n) is 4.08. The summed E-state index contributed by atoms with van der Waals surface area (Å²) in [4.78, 5) is 12.4. The van der Waals surface area contributed by atoms with Crippen LogP contribution in [0.1, 0.15) is 10.4 Å². The molecule has 1 aromatic carbocycles. The summed E-state index contributed by atoms with van der Waals surface area (Å²) in [7, 11) is 1.34. The van der Waals surface area contributed by atoms with Crippen LogP contribution < -0.4 is 10.6 Å². The van der Waals surface area contributed by atoms with E-state index < -0.39 is 6.09 Å². The Bertz CT molecular complexity index is 566. The summed E-state index contributed by atoms with van der Waals surface area (Å²) >= 11 is 1.74. The minimum atomic E-state index is -0.466. The predicted octanol–water partition coefficient (Wildman–Crippen LogP) is 3.85. The second kappa shape index (κ2) is 6.24. The van der Waals surface area contributed by atoms with Gasteiger partial charge in [-0.05, 0) is 42.1 Å². The van der Waals surface area contributed by atoms with Gasteiger partial charge in [0.2, 0.25) is 0 Å². The van der Waals surface area contributed by atoms with Crippen LogP contribution in [0.25, 0.3) is 0 Å². The van der Waals surface area contributed by atoms with Crippen LogP contribution in [0.5, 0.6) is 0 Å². The fourth-order valence-corrected chi connectivity index (χ4v) is 2.49. The number of benzene rings is 1. The Morgan fingerprint density at radius 1 is 1.32 bits per heavy atom. The van der Waals surface area contributed by atoms with Crippen molar-refractivity contribution in [2.75, 3.05) is 17.7 Å². The van der Waals surface area contributed by atoms with E-state index in [1.807, 2.05) is 24.3 Å². The van der Waals surface area contributed by atoms with Crippen LogP contribution in [-0.2, 0) is 11.3 Å². The molecule has 0 radical (unpaired) electrons. The number of anilines is 2. The van der Waals surface area contributed by atoms with Gasteiger partial charge in [-0.2, -0.15) is 0 Å². The zero-order chi connectivity index (χ0) is 13.7. The van der Waals surface area contributed by atoms with Crippen LogP contribution in [-0.4, -0.2) is 13.2 Å². The average molecular weight is 276 g/mol. The van der Waals surface area contributed by atoms with Crippen molar-refractivity contribution in [2.45, 2.75) is 13.5 Å². The van der Waals surface area contributed by atoms with Crippen LogP contribution in [0.3, 0.4) is 0 Å². The monoisotopic (exact) mass is 276 g/mol. The van der Waals surface area contributed by atoms with E-state index >= 15 is 0 Å². The fraction of sp³-hybridized carbons (Fsp3) is 0.214. The molecule has 0 saturated carbocycles. The molecule has 0 aliphatic carbocycles. The molecule has 2 aromatic rings. The Morgan fingerprint density at radius 2 is 2.11 bits per heavy atom. The van der Waals surface area contributed by atoms with E-state index in [1.165, 1.54) is 17.6 Å². The predicted molar refractivity (Wildman–Crippen MR) is 78.9 cm³/mol. The van der Waals surface area contributed by atoms with E-state index in [0.717, 1.165) is 12.2 Å². The molecule has 0 saturated heterocycles. The molecule has 0 atom stereocenters. The van der Waals surface area contributed by atoms with Crippen molar-refractivity contribution in [3.63, 3.8) is 0 Å². The van der Waals surface area contributed by atoms with Gasteiger partial charge in [0.25, 0.3) is 0 Å². The molecule has 1 amide bonds. The highest BCUT2D eigenvalue weighted by Gasteiger charge is 2.02. The van der Waals surface area contributed by atoms with Crippen LogP contribution >= 0.6 is 11.3 Å². The van der Waals surface area contributed by atoms with E-state index in [0.29, 0.717) is 5.69 Å². The van der Waals surface area contributed by atoms with Gasteiger partial charge >= 0.3 is 6.09 Å². The summed E-state index contributed by atoms with van der Waals surface area (Å²) in [6.07, 6.45) is -0.466. The summed E-state index contributed by atoms with van der Waals surface area (Å²) in [5.74, 6) is 0. The lowest BCUT2D eigenvalue weighted by atomic mass is 10.2. The molecule has 5 heteroatoms. The number of methoxy groups -OCH3 is 1. The zero-order valence-electron chi connectivity index (χ0n) is 10.9. The molecular weight excluding hydrogens is 260 g/mol. The molecule has 0 aliphatic rings. The molecule has 0 aliphatic heterocycles. The third kappa shape index (κ3) is 3.72. The number of nitrogens with one attached hydrogen (secondary N) is 2. The molecule has 0 spiro atoms. The lowest BCUT2D eigenvalue weighted by Gasteiger charge is -2.08. The molecule has 1 aromatic heterocycles. The Morgan fingerprint density at radius 3 is 2.79 bits per heavy atom. The van der Waals surface area contributed by atoms with Crippen molar-refractivity contribution in [3.05, 3.63) is 46.2 Å². The van der Waals surface area contributed by atoms with Gasteiger partial charge in [-0.3, -0.25) is 5.32 Å². The minimum Gasteiger partial charge on any atom is -0.453 e. The summed E-state index contributed by atoms with van der Waals surface area (Å²) in [6, 6.07) is 9.65. The van der Waals surface area contributed by atoms with Gasteiger partial charge in [-0.25, -0.2) is 4.79 Å². The first-order valence-electron chi connectivity index (χ1n) is 5.91. The van der Waals surface area contributed by atoms with Crippen LogP contribution in [0.2, 0.25) is 0 Å². The number of carbonyl (C=O) groups is 1. The molecule has 2 N–H and O–H groups in total. The number of thiophene rings is 1. The van der Waals surface area contributed by atoms with Gasteiger partial charge in [-0.15, -0.1) is 11.3 Å². The van der Waals surface area contributed by atoms with Crippen LogP contribution in [0, 0.1) is 6.92 Å². The fourth-order valence-electron chi connectivity index (χ4n) is 1.64. The minimum absolute atomic E-state index is 0.466. The van der Waals surface area contributed by atoms with Gasteiger partial charge in [-0.1, -0.05) is 6.07 Å². The molecule has 0 bridgehead atoms. The van der Waals surface area contributed by atoms with Gasteiger partial charge in [0.1, 0.15) is 0 Å². The number of amides is 1. The van der Waals surface area contributed by atoms with Crippen molar-refractivity contribution in [2.24, 2.45) is 0 Å². The number of hydrogen-bond acceptors (Lipinski definition) is 4. The van der Waals surface area contributed by atoms with E-state index in [-0.39, 0.29) is 0 Å². The highest BCUT2D eigenvalue weighted by atomic mass is 32.1. The molecular formula is C14H16N2O2S. The van der Waals surface area contributed by atoms with Crippen LogP contribution in [0.15, 0.2) is 35.7 Å². The smallest absolute Gasteiger partial charge is 0.411 e. The molecule has 2 rings (SSSR count). The first-order chi connectivity index (χ1) is 9.19. The number of hydrogen-bond donors (Lipinski definition) is 2. The SMILES string of the molecule is COC(=O)Nc1cccc(NCc2sccc2C)c1. The Kier molecular flexibility index (Phi) is 4.41. The highest BCUT2D eigenvalue weighted by Crippen LogP contribution is 2.19. The van der Waals surface area contributed by atoms with E-state index in [9.17, 15) is 4.79 Å². The topological polar surface area (TPSA) is 50.4 Å². The molecule has 0 unspecified atom stereocenters. The molecule has 100 valence electrons. The summed E-state index contributed by atoms with van der Waals surface area (Å²) in [5.41, 5.74) is 2.96. The average Bonchev–Trinajstić information content (AvgIpc) is 2.82. The van der Waals surface area contributed by atoms with E-state index in [2.05, 4.69) is 33.7 Å². The molecule has 4 nitrogen and oxygen atoms in total. The summed E-state index contributed by atoms with van der Waals surface area (Å²) in [6.45, 7) is 2.88. The normalized spacial score (nSPS) is 10.0. The van der Waals surface area contributed by atoms with Crippen molar-refractivity contribution >= 4 is 28.8 Å². The van der Waals surface area contributed by atoms with Gasteiger partial charge in [0, 0.05) is 22.8 Å².